The van der Waals surface area contributed by atoms with E-state index in [1.807, 2.05) is 42.3 Å². The van der Waals surface area contributed by atoms with Gasteiger partial charge in [0.15, 0.2) is 0 Å². The summed E-state index contributed by atoms with van der Waals surface area (Å²) in [5, 5.41) is 0. The van der Waals surface area contributed by atoms with Crippen molar-refractivity contribution in [3.05, 3.63) is 54.4 Å². The molecule has 0 aliphatic carbocycles. The molecule has 148 valence electrons. The first kappa shape index (κ1) is 19.9. The van der Waals surface area contributed by atoms with Crippen LogP contribution in [0.5, 0.6) is 0 Å². The van der Waals surface area contributed by atoms with Gasteiger partial charge >= 0.3 is 0 Å². The van der Waals surface area contributed by atoms with Crippen molar-refractivity contribution in [3.63, 3.8) is 0 Å². The fraction of sp³-hybridized carbons (Fsp3) is 0.409. The van der Waals surface area contributed by atoms with Crippen LogP contribution in [0.1, 0.15) is 25.3 Å². The van der Waals surface area contributed by atoms with Crippen molar-refractivity contribution in [2.75, 3.05) is 43.0 Å². The van der Waals surface area contributed by atoms with E-state index in [4.69, 9.17) is 0 Å². The van der Waals surface area contributed by atoms with E-state index in [-0.39, 0.29) is 11.8 Å². The van der Waals surface area contributed by atoms with Crippen LogP contribution in [0.3, 0.4) is 0 Å². The lowest BCUT2D eigenvalue weighted by Crippen LogP contribution is -2.48. The van der Waals surface area contributed by atoms with Crippen LogP contribution in [0.15, 0.2) is 48.8 Å². The molecule has 3 rings (SSSR count). The molecule has 0 bridgehead atoms. The number of hydrogen-bond acceptors (Lipinski definition) is 4. The molecular formula is C22H28N4O2. The molecule has 2 amide bonds. The van der Waals surface area contributed by atoms with Crippen LogP contribution in [-0.2, 0) is 16.0 Å². The summed E-state index contributed by atoms with van der Waals surface area (Å²) in [4.78, 5) is 34.3. The minimum atomic E-state index is 0.103. The molecule has 1 aliphatic rings. The Kier molecular flexibility index (Phi) is 6.63. The topological polar surface area (TPSA) is 56.8 Å². The molecule has 2 aromatic rings. The minimum Gasteiger partial charge on any atom is -0.368 e. The number of rotatable bonds is 6. The summed E-state index contributed by atoms with van der Waals surface area (Å²) >= 11 is 0. The third kappa shape index (κ3) is 4.88. The lowest BCUT2D eigenvalue weighted by atomic mass is 10.1. The Morgan fingerprint density at radius 2 is 1.79 bits per heavy atom. The lowest BCUT2D eigenvalue weighted by molar-refractivity contribution is -0.131. The molecule has 1 fully saturated rings. The predicted octanol–water partition coefficient (Wildman–Crippen LogP) is 2.74. The third-order valence-electron chi connectivity index (χ3n) is 5.26. The molecule has 2 heterocycles. The number of aryl methyl sites for hydroxylation is 1. The number of hydrogen-bond donors (Lipinski definition) is 0. The van der Waals surface area contributed by atoms with Gasteiger partial charge in [0.05, 0.1) is 0 Å². The maximum atomic E-state index is 12.5. The number of carbonyl (C=O) groups is 2. The van der Waals surface area contributed by atoms with Crippen molar-refractivity contribution in [1.29, 1.82) is 0 Å². The van der Waals surface area contributed by atoms with E-state index in [9.17, 15) is 9.59 Å². The zero-order valence-electron chi connectivity index (χ0n) is 16.7. The second kappa shape index (κ2) is 9.35. The zero-order valence-corrected chi connectivity index (χ0v) is 16.7. The van der Waals surface area contributed by atoms with Gasteiger partial charge in [0.1, 0.15) is 0 Å². The van der Waals surface area contributed by atoms with Gasteiger partial charge < -0.3 is 14.7 Å². The van der Waals surface area contributed by atoms with Crippen LogP contribution in [0.4, 0.5) is 11.4 Å². The highest BCUT2D eigenvalue weighted by Crippen LogP contribution is 2.22. The molecule has 1 aliphatic heterocycles. The standard InChI is InChI=1S/C22H28N4O2/c1-3-21(27)24(2)19-7-9-20(10-8-19)25-13-15-26(16-14-25)22(28)11-6-18-5-4-12-23-17-18/h4-5,7-10,12,17H,3,6,11,13-16H2,1-2H3. The second-order valence-electron chi connectivity index (χ2n) is 7.05. The van der Waals surface area contributed by atoms with E-state index >= 15 is 0 Å². The number of pyridine rings is 1. The van der Waals surface area contributed by atoms with Gasteiger partial charge in [0, 0.05) is 69.8 Å². The smallest absolute Gasteiger partial charge is 0.226 e. The summed E-state index contributed by atoms with van der Waals surface area (Å²) in [5.41, 5.74) is 3.13. The van der Waals surface area contributed by atoms with Crippen molar-refractivity contribution in [2.45, 2.75) is 26.2 Å². The Hall–Kier alpha value is -2.89. The van der Waals surface area contributed by atoms with Gasteiger partial charge in [-0.2, -0.15) is 0 Å². The van der Waals surface area contributed by atoms with Crippen molar-refractivity contribution in [3.8, 4) is 0 Å². The zero-order chi connectivity index (χ0) is 19.9. The highest BCUT2D eigenvalue weighted by Gasteiger charge is 2.21. The molecule has 6 nitrogen and oxygen atoms in total. The Morgan fingerprint density at radius 1 is 1.07 bits per heavy atom. The van der Waals surface area contributed by atoms with Gasteiger partial charge in [-0.05, 0) is 42.3 Å². The van der Waals surface area contributed by atoms with E-state index in [0.717, 1.165) is 49.5 Å². The molecule has 1 saturated heterocycles. The van der Waals surface area contributed by atoms with Crippen LogP contribution >= 0.6 is 0 Å². The fourth-order valence-corrected chi connectivity index (χ4v) is 3.44. The van der Waals surface area contributed by atoms with E-state index in [0.29, 0.717) is 12.8 Å². The first-order chi connectivity index (χ1) is 13.6. The number of piperazine rings is 1. The first-order valence-corrected chi connectivity index (χ1v) is 9.86. The highest BCUT2D eigenvalue weighted by molar-refractivity contribution is 5.92. The third-order valence-corrected chi connectivity index (χ3v) is 5.26. The molecular weight excluding hydrogens is 352 g/mol. The molecule has 1 aromatic carbocycles. The molecule has 0 N–H and O–H groups in total. The van der Waals surface area contributed by atoms with Crippen molar-refractivity contribution in [1.82, 2.24) is 9.88 Å². The number of aromatic nitrogens is 1. The van der Waals surface area contributed by atoms with Crippen molar-refractivity contribution < 1.29 is 9.59 Å². The maximum Gasteiger partial charge on any atom is 0.226 e. The van der Waals surface area contributed by atoms with Crippen LogP contribution in [0.25, 0.3) is 0 Å². The molecule has 28 heavy (non-hydrogen) atoms. The van der Waals surface area contributed by atoms with Crippen LogP contribution < -0.4 is 9.80 Å². The maximum absolute atomic E-state index is 12.5. The van der Waals surface area contributed by atoms with Gasteiger partial charge in [0.25, 0.3) is 0 Å². The van der Waals surface area contributed by atoms with Gasteiger partial charge in [-0.25, -0.2) is 0 Å². The molecule has 6 heteroatoms. The molecule has 0 spiro atoms. The van der Waals surface area contributed by atoms with Crippen LogP contribution in [-0.4, -0.2) is 54.9 Å². The fourth-order valence-electron chi connectivity index (χ4n) is 3.44. The molecule has 1 aromatic heterocycles. The summed E-state index contributed by atoms with van der Waals surface area (Å²) in [6, 6.07) is 12.0. The van der Waals surface area contributed by atoms with E-state index in [1.54, 1.807) is 18.1 Å². The lowest BCUT2D eigenvalue weighted by Gasteiger charge is -2.36. The van der Waals surface area contributed by atoms with E-state index in [2.05, 4.69) is 22.0 Å². The number of benzene rings is 1. The highest BCUT2D eigenvalue weighted by atomic mass is 16.2. The monoisotopic (exact) mass is 380 g/mol. The van der Waals surface area contributed by atoms with Crippen molar-refractivity contribution in [2.24, 2.45) is 0 Å². The summed E-state index contributed by atoms with van der Waals surface area (Å²) in [6.07, 6.45) is 5.32. The Bertz CT molecular complexity index is 784. The largest absolute Gasteiger partial charge is 0.368 e. The Balaban J connectivity index is 1.49. The predicted molar refractivity (Wildman–Crippen MR) is 111 cm³/mol. The first-order valence-electron chi connectivity index (χ1n) is 9.86. The Labute approximate surface area is 166 Å². The van der Waals surface area contributed by atoms with Crippen LogP contribution in [0, 0.1) is 0 Å². The van der Waals surface area contributed by atoms with Crippen LogP contribution in [0.2, 0.25) is 0 Å². The number of carbonyl (C=O) groups excluding carboxylic acids is 2. The second-order valence-corrected chi connectivity index (χ2v) is 7.05. The average Bonchev–Trinajstić information content (AvgIpc) is 2.77. The summed E-state index contributed by atoms with van der Waals surface area (Å²) in [5.74, 6) is 0.310. The SMILES string of the molecule is CCC(=O)N(C)c1ccc(N2CCN(C(=O)CCc3cccnc3)CC2)cc1. The van der Waals surface area contributed by atoms with Crippen molar-refractivity contribution >= 4 is 23.2 Å². The van der Waals surface area contributed by atoms with E-state index in [1.165, 1.54) is 0 Å². The number of anilines is 2. The minimum absolute atomic E-state index is 0.103. The quantitative estimate of drug-likeness (QED) is 0.773. The normalized spacial score (nSPS) is 14.1. The van der Waals surface area contributed by atoms with E-state index < -0.39 is 0 Å². The average molecular weight is 380 g/mol. The van der Waals surface area contributed by atoms with Gasteiger partial charge in [0.2, 0.25) is 11.8 Å². The Morgan fingerprint density at radius 3 is 2.39 bits per heavy atom. The summed E-state index contributed by atoms with van der Waals surface area (Å²) in [7, 11) is 1.80. The number of nitrogens with zero attached hydrogens (tertiary/aromatic N) is 4. The molecule has 0 unspecified atom stereocenters. The molecule has 0 atom stereocenters. The van der Waals surface area contributed by atoms with Gasteiger partial charge in [-0.15, -0.1) is 0 Å². The summed E-state index contributed by atoms with van der Waals surface area (Å²) in [6.45, 7) is 4.98. The van der Waals surface area contributed by atoms with Gasteiger partial charge in [-0.1, -0.05) is 13.0 Å². The van der Waals surface area contributed by atoms with Gasteiger partial charge in [-0.3, -0.25) is 14.6 Å². The number of amides is 2. The molecule has 0 radical (unpaired) electrons. The summed E-state index contributed by atoms with van der Waals surface area (Å²) < 4.78 is 0. The molecule has 0 saturated carbocycles.